The molecular weight excluding hydrogens is 875 g/mol. The van der Waals surface area contributed by atoms with Gasteiger partial charge in [-0.25, -0.2) is 15.0 Å². The molecule has 346 valence electrons. The van der Waals surface area contributed by atoms with Crippen molar-refractivity contribution in [1.29, 1.82) is 0 Å². The molecule has 0 saturated heterocycles. The molecule has 0 aliphatic carbocycles. The van der Waals surface area contributed by atoms with Crippen LogP contribution in [0, 0.1) is 0 Å². The fourth-order valence-corrected chi connectivity index (χ4v) is 10.9. The molecule has 0 saturated carbocycles. The van der Waals surface area contributed by atoms with Crippen LogP contribution < -0.4 is 0 Å². The third-order valence-electron chi connectivity index (χ3n) is 14.7. The van der Waals surface area contributed by atoms with Gasteiger partial charge in [-0.15, -0.1) is 0 Å². The van der Waals surface area contributed by atoms with E-state index >= 15 is 0 Å². The Kier molecular flexibility index (Phi) is 9.91. The average Bonchev–Trinajstić information content (AvgIpc) is 4.02. The van der Waals surface area contributed by atoms with Crippen LogP contribution in [0.5, 0.6) is 0 Å². The minimum Gasteiger partial charge on any atom is -0.292 e. The van der Waals surface area contributed by atoms with Gasteiger partial charge in [-0.3, -0.25) is 9.13 Å². The highest BCUT2D eigenvalue weighted by atomic mass is 15.1. The van der Waals surface area contributed by atoms with Gasteiger partial charge in [0, 0.05) is 55.2 Å². The topological polar surface area (TPSA) is 48.5 Å². The number of imidazole rings is 2. The lowest BCUT2D eigenvalue weighted by Crippen LogP contribution is -2.11. The Hall–Kier alpha value is -8.67. The number of hydrogen-bond acceptors (Lipinski definition) is 3. The third kappa shape index (κ3) is 7.10. The number of rotatable bonds is 6. The van der Waals surface area contributed by atoms with Crippen LogP contribution in [-0.2, 0) is 10.8 Å². The van der Waals surface area contributed by atoms with Crippen LogP contribution in [0.1, 0.15) is 52.7 Å². The van der Waals surface area contributed by atoms with E-state index in [1.165, 1.54) is 43.4 Å². The SMILES string of the molecule is CC(C)(C)c1ccc(-n2c(-c3ccc(-c4cccc(-c5ccc(-c6nc7c8ccccc8c8ccccc8c7n6-c6ccc(C(C)(C)C)cc6)cc5)n4)cc3)nc3c4ccccc4c4ccccc4c32)cc1. The second-order valence-electron chi connectivity index (χ2n) is 21.3. The normalized spacial score (nSPS) is 12.3. The van der Waals surface area contributed by atoms with Gasteiger partial charge in [0.1, 0.15) is 11.6 Å². The first-order valence-electron chi connectivity index (χ1n) is 25.0. The minimum absolute atomic E-state index is 0.0394. The van der Waals surface area contributed by atoms with Gasteiger partial charge < -0.3 is 0 Å². The molecule has 0 N–H and O–H groups in total. The summed E-state index contributed by atoms with van der Waals surface area (Å²) in [7, 11) is 0. The van der Waals surface area contributed by atoms with Crippen molar-refractivity contribution in [3.63, 3.8) is 0 Å². The highest BCUT2D eigenvalue weighted by Gasteiger charge is 2.24. The van der Waals surface area contributed by atoms with E-state index in [-0.39, 0.29) is 10.8 Å². The van der Waals surface area contributed by atoms with Crippen molar-refractivity contribution in [2.45, 2.75) is 52.4 Å². The van der Waals surface area contributed by atoms with Crippen LogP contribution in [-0.4, -0.2) is 24.1 Å². The Morgan fingerprint density at radius 1 is 0.278 bits per heavy atom. The molecule has 5 nitrogen and oxygen atoms in total. The molecule has 10 aromatic carbocycles. The number of benzene rings is 10. The van der Waals surface area contributed by atoms with Gasteiger partial charge >= 0.3 is 0 Å². The first-order chi connectivity index (χ1) is 35.0. The molecule has 0 bridgehead atoms. The van der Waals surface area contributed by atoms with Gasteiger partial charge in [-0.2, -0.15) is 0 Å². The average molecular weight is 928 g/mol. The molecule has 3 aromatic heterocycles. The number of nitrogens with zero attached hydrogens (tertiary/aromatic N) is 5. The Labute approximate surface area is 419 Å². The van der Waals surface area contributed by atoms with Crippen LogP contribution in [0.15, 0.2) is 212 Å². The van der Waals surface area contributed by atoms with Gasteiger partial charge in [0.05, 0.1) is 33.5 Å². The fraction of sp³-hybridized carbons (Fsp3) is 0.119. The predicted octanol–water partition coefficient (Wildman–Crippen LogP) is 17.6. The van der Waals surface area contributed by atoms with E-state index < -0.39 is 0 Å². The van der Waals surface area contributed by atoms with E-state index in [4.69, 9.17) is 15.0 Å². The van der Waals surface area contributed by atoms with E-state index in [0.717, 1.165) is 89.5 Å². The lowest BCUT2D eigenvalue weighted by Gasteiger charge is -2.20. The summed E-state index contributed by atoms with van der Waals surface area (Å²) in [5, 5.41) is 9.52. The smallest absolute Gasteiger partial charge is 0.145 e. The monoisotopic (exact) mass is 927 g/mol. The largest absolute Gasteiger partial charge is 0.292 e. The van der Waals surface area contributed by atoms with Gasteiger partial charge in [0.2, 0.25) is 0 Å². The molecule has 0 aliphatic heterocycles. The van der Waals surface area contributed by atoms with Crippen LogP contribution in [0.4, 0.5) is 0 Å². The first-order valence-corrected chi connectivity index (χ1v) is 25.0. The summed E-state index contributed by atoms with van der Waals surface area (Å²) in [5.74, 6) is 1.81. The summed E-state index contributed by atoms with van der Waals surface area (Å²) < 4.78 is 4.71. The maximum absolute atomic E-state index is 5.51. The molecule has 0 fully saturated rings. The number of aromatic nitrogens is 5. The Balaban J connectivity index is 0.887. The second-order valence-corrected chi connectivity index (χ2v) is 21.3. The standard InChI is InChI=1S/C67H53N5/c1-66(2,3)46-34-38-48(39-35-46)71-62-56-22-13-9-18-52(56)50-16-7-11-20-54(50)60(62)69-64(71)44-30-26-42(27-31-44)58-24-15-25-59(68-58)43-28-32-45(33-29-43)65-70-61-55-21-12-8-17-51(55)53-19-10-14-23-57(53)63(61)72(65)49-40-36-47(37-41-49)67(4,5)6/h7-41H,1-6H3. The summed E-state index contributed by atoms with van der Waals surface area (Å²) in [5.41, 5.74) is 15.0. The third-order valence-corrected chi connectivity index (χ3v) is 14.7. The van der Waals surface area contributed by atoms with Crippen molar-refractivity contribution in [3.8, 4) is 56.7 Å². The summed E-state index contributed by atoms with van der Waals surface area (Å²) in [6, 6.07) is 76.6. The molecule has 0 aliphatic rings. The maximum atomic E-state index is 5.51. The zero-order chi connectivity index (χ0) is 48.9. The van der Waals surface area contributed by atoms with E-state index in [1.54, 1.807) is 0 Å². The summed E-state index contributed by atoms with van der Waals surface area (Å²) in [6.07, 6.45) is 0. The Morgan fingerprint density at radius 2 is 0.583 bits per heavy atom. The molecule has 0 unspecified atom stereocenters. The van der Waals surface area contributed by atoms with Gasteiger partial charge in [0.15, 0.2) is 0 Å². The van der Waals surface area contributed by atoms with Crippen molar-refractivity contribution in [1.82, 2.24) is 24.1 Å². The van der Waals surface area contributed by atoms with Crippen molar-refractivity contribution in [2.75, 3.05) is 0 Å². The zero-order valence-corrected chi connectivity index (χ0v) is 41.4. The van der Waals surface area contributed by atoms with Crippen LogP contribution >= 0.6 is 0 Å². The fourth-order valence-electron chi connectivity index (χ4n) is 10.9. The van der Waals surface area contributed by atoms with Crippen LogP contribution in [0.3, 0.4) is 0 Å². The van der Waals surface area contributed by atoms with Crippen molar-refractivity contribution in [3.05, 3.63) is 223 Å². The molecule has 0 spiro atoms. The van der Waals surface area contributed by atoms with Crippen molar-refractivity contribution < 1.29 is 0 Å². The predicted molar refractivity (Wildman–Crippen MR) is 303 cm³/mol. The number of pyridine rings is 1. The minimum atomic E-state index is 0.0394. The Morgan fingerprint density at radius 3 is 0.931 bits per heavy atom. The highest BCUT2D eigenvalue weighted by Crippen LogP contribution is 2.42. The molecule has 13 aromatic rings. The van der Waals surface area contributed by atoms with Gasteiger partial charge in [0.25, 0.3) is 0 Å². The molecule has 3 heterocycles. The lowest BCUT2D eigenvalue weighted by molar-refractivity contribution is 0.590. The molecular formula is C67H53N5. The van der Waals surface area contributed by atoms with Crippen molar-refractivity contribution in [2.24, 2.45) is 0 Å². The van der Waals surface area contributed by atoms with Crippen LogP contribution in [0.2, 0.25) is 0 Å². The molecule has 13 rings (SSSR count). The summed E-state index contributed by atoms with van der Waals surface area (Å²) in [6.45, 7) is 13.6. The summed E-state index contributed by atoms with van der Waals surface area (Å²) in [4.78, 5) is 16.3. The zero-order valence-electron chi connectivity index (χ0n) is 41.4. The van der Waals surface area contributed by atoms with E-state index in [9.17, 15) is 0 Å². The number of hydrogen-bond donors (Lipinski definition) is 0. The highest BCUT2D eigenvalue weighted by molar-refractivity contribution is 6.25. The van der Waals surface area contributed by atoms with Gasteiger partial charge in [-0.1, -0.05) is 217 Å². The first kappa shape index (κ1) is 43.4. The van der Waals surface area contributed by atoms with E-state index in [1.807, 2.05) is 0 Å². The maximum Gasteiger partial charge on any atom is 0.145 e. The van der Waals surface area contributed by atoms with Gasteiger partial charge in [-0.05, 0) is 79.9 Å². The molecule has 72 heavy (non-hydrogen) atoms. The quantitative estimate of drug-likeness (QED) is 0.156. The Bertz CT molecular complexity index is 3960. The molecule has 0 atom stereocenters. The summed E-state index contributed by atoms with van der Waals surface area (Å²) >= 11 is 0. The van der Waals surface area contributed by atoms with E-state index in [0.29, 0.717) is 0 Å². The van der Waals surface area contributed by atoms with E-state index in [2.05, 4.69) is 263 Å². The second kappa shape index (κ2) is 16.5. The van der Waals surface area contributed by atoms with Crippen molar-refractivity contribution >= 4 is 65.2 Å². The molecule has 0 radical (unpaired) electrons. The van der Waals surface area contributed by atoms with Crippen LogP contribution in [0.25, 0.3) is 122 Å². The molecule has 5 heteroatoms. The lowest BCUT2D eigenvalue weighted by atomic mass is 9.87. The molecule has 0 amide bonds. The number of fused-ring (bicyclic) bond motifs is 12.